The molecule has 1 atom stereocenters. The molecule has 1 saturated heterocycles. The summed E-state index contributed by atoms with van der Waals surface area (Å²) >= 11 is 0. The van der Waals surface area contributed by atoms with E-state index in [0.29, 0.717) is 19.8 Å². The summed E-state index contributed by atoms with van der Waals surface area (Å²) < 4.78 is 16.6. The number of carbonyl (C=O) groups is 1. The molecule has 2 N–H and O–H groups in total. The zero-order valence-electron chi connectivity index (χ0n) is 11.4. The maximum atomic E-state index is 11.9. The van der Waals surface area contributed by atoms with Crippen LogP contribution in [-0.4, -0.2) is 31.1 Å². The highest BCUT2D eigenvalue weighted by Gasteiger charge is 2.41. The number of carbonyl (C=O) groups excluding carboxylic acids is 1. The monoisotopic (exact) mass is 280 g/mol. The van der Waals surface area contributed by atoms with E-state index in [0.717, 1.165) is 31.4 Å². The van der Waals surface area contributed by atoms with E-state index in [4.69, 9.17) is 13.9 Å². The Hall–Kier alpha value is -1.53. The van der Waals surface area contributed by atoms with Crippen molar-refractivity contribution in [3.63, 3.8) is 0 Å². The molecule has 2 heterocycles. The summed E-state index contributed by atoms with van der Waals surface area (Å²) in [6.45, 7) is 1.69. The second kappa shape index (κ2) is 5.85. The van der Waals surface area contributed by atoms with Crippen molar-refractivity contribution in [3.05, 3.63) is 24.2 Å². The predicted molar refractivity (Wildman–Crippen MR) is 71.0 cm³/mol. The Morgan fingerprint density at radius 2 is 2.25 bits per heavy atom. The lowest BCUT2D eigenvalue weighted by Crippen LogP contribution is -2.49. The van der Waals surface area contributed by atoms with Crippen LogP contribution in [0.5, 0.6) is 0 Å². The van der Waals surface area contributed by atoms with Crippen LogP contribution in [0.15, 0.2) is 22.8 Å². The smallest absolute Gasteiger partial charge is 0.315 e. The molecule has 110 valence electrons. The van der Waals surface area contributed by atoms with Crippen molar-refractivity contribution in [1.29, 1.82) is 0 Å². The van der Waals surface area contributed by atoms with Gasteiger partial charge < -0.3 is 24.5 Å². The molecular weight excluding hydrogens is 260 g/mol. The number of hydrogen-bond acceptors (Lipinski definition) is 4. The second-order valence-corrected chi connectivity index (χ2v) is 5.31. The molecule has 1 aromatic heterocycles. The van der Waals surface area contributed by atoms with E-state index >= 15 is 0 Å². The number of furan rings is 1. The van der Waals surface area contributed by atoms with E-state index in [9.17, 15) is 4.79 Å². The highest BCUT2D eigenvalue weighted by Crippen LogP contribution is 2.35. The Bertz CT molecular complexity index is 440. The fourth-order valence-corrected chi connectivity index (χ4v) is 2.90. The predicted octanol–water partition coefficient (Wildman–Crippen LogP) is 1.76. The van der Waals surface area contributed by atoms with E-state index in [1.54, 1.807) is 12.3 Å². The summed E-state index contributed by atoms with van der Waals surface area (Å²) in [6.07, 6.45) is 5.20. The van der Waals surface area contributed by atoms with E-state index in [1.807, 2.05) is 6.07 Å². The van der Waals surface area contributed by atoms with Crippen LogP contribution in [-0.2, 0) is 16.0 Å². The lowest BCUT2D eigenvalue weighted by atomic mass is 9.90. The maximum absolute atomic E-state index is 11.9. The molecule has 3 rings (SSSR count). The lowest BCUT2D eigenvalue weighted by molar-refractivity contribution is -0.181. The number of nitrogens with one attached hydrogen (secondary N) is 2. The van der Waals surface area contributed by atoms with Gasteiger partial charge in [0.05, 0.1) is 26.0 Å². The average Bonchev–Trinajstić information content (AvgIpc) is 3.09. The minimum Gasteiger partial charge on any atom is -0.467 e. The van der Waals surface area contributed by atoms with E-state index in [2.05, 4.69) is 10.6 Å². The topological polar surface area (TPSA) is 72.7 Å². The molecule has 0 unspecified atom stereocenters. The zero-order chi connectivity index (χ0) is 13.8. The summed E-state index contributed by atoms with van der Waals surface area (Å²) in [4.78, 5) is 11.9. The second-order valence-electron chi connectivity index (χ2n) is 5.31. The molecule has 6 nitrogen and oxygen atoms in total. The van der Waals surface area contributed by atoms with Gasteiger partial charge in [0.2, 0.25) is 0 Å². The lowest BCUT2D eigenvalue weighted by Gasteiger charge is -2.36. The zero-order valence-corrected chi connectivity index (χ0v) is 11.4. The SMILES string of the molecule is O=C(NCc1ccco1)N[C@H]1CCCC2(C1)OCCO2. The molecule has 1 aromatic rings. The summed E-state index contributed by atoms with van der Waals surface area (Å²) in [7, 11) is 0. The Morgan fingerprint density at radius 3 is 3.00 bits per heavy atom. The van der Waals surface area contributed by atoms with Gasteiger partial charge in [-0.2, -0.15) is 0 Å². The molecule has 1 spiro atoms. The van der Waals surface area contributed by atoms with Gasteiger partial charge in [-0.3, -0.25) is 0 Å². The third-order valence-corrected chi connectivity index (χ3v) is 3.82. The normalized spacial score (nSPS) is 24.7. The third kappa shape index (κ3) is 3.13. The summed E-state index contributed by atoms with van der Waals surface area (Å²) in [5.41, 5.74) is 0. The Labute approximate surface area is 117 Å². The largest absolute Gasteiger partial charge is 0.467 e. The number of hydrogen-bond donors (Lipinski definition) is 2. The van der Waals surface area contributed by atoms with Crippen LogP contribution >= 0.6 is 0 Å². The highest BCUT2D eigenvalue weighted by atomic mass is 16.7. The first-order valence-corrected chi connectivity index (χ1v) is 7.10. The van der Waals surface area contributed by atoms with E-state index < -0.39 is 5.79 Å². The van der Waals surface area contributed by atoms with Crippen molar-refractivity contribution < 1.29 is 18.7 Å². The van der Waals surface area contributed by atoms with Gasteiger partial charge >= 0.3 is 6.03 Å². The van der Waals surface area contributed by atoms with E-state index in [-0.39, 0.29) is 12.1 Å². The number of amides is 2. The van der Waals surface area contributed by atoms with E-state index in [1.165, 1.54) is 0 Å². The fraction of sp³-hybridized carbons (Fsp3) is 0.643. The van der Waals surface area contributed by atoms with Crippen LogP contribution < -0.4 is 10.6 Å². The van der Waals surface area contributed by atoms with Crippen molar-refractivity contribution >= 4 is 6.03 Å². The quantitative estimate of drug-likeness (QED) is 0.885. The molecule has 2 fully saturated rings. The molecule has 0 aromatic carbocycles. The van der Waals surface area contributed by atoms with Gasteiger partial charge in [-0.05, 0) is 25.0 Å². The van der Waals surface area contributed by atoms with Gasteiger partial charge in [-0.15, -0.1) is 0 Å². The van der Waals surface area contributed by atoms with Gasteiger partial charge in [0.1, 0.15) is 5.76 Å². The minimum atomic E-state index is -0.461. The first-order valence-electron chi connectivity index (χ1n) is 7.10. The molecule has 1 aliphatic heterocycles. The van der Waals surface area contributed by atoms with Crippen molar-refractivity contribution in [2.75, 3.05) is 13.2 Å². The van der Waals surface area contributed by atoms with Crippen molar-refractivity contribution in [3.8, 4) is 0 Å². The highest BCUT2D eigenvalue weighted by molar-refractivity contribution is 5.74. The summed E-state index contributed by atoms with van der Waals surface area (Å²) in [5, 5.41) is 5.77. The van der Waals surface area contributed by atoms with Crippen LogP contribution in [0.4, 0.5) is 4.79 Å². The number of ether oxygens (including phenoxy) is 2. The van der Waals surface area contributed by atoms with Crippen LogP contribution in [0.2, 0.25) is 0 Å². The maximum Gasteiger partial charge on any atom is 0.315 e. The molecule has 2 amide bonds. The molecule has 0 bridgehead atoms. The fourth-order valence-electron chi connectivity index (χ4n) is 2.90. The average molecular weight is 280 g/mol. The number of urea groups is 1. The summed E-state index contributed by atoms with van der Waals surface area (Å²) in [6, 6.07) is 3.55. The Morgan fingerprint density at radius 1 is 1.40 bits per heavy atom. The Balaban J connectivity index is 1.46. The van der Waals surface area contributed by atoms with Crippen molar-refractivity contribution in [2.24, 2.45) is 0 Å². The molecule has 0 radical (unpaired) electrons. The summed E-state index contributed by atoms with van der Waals surface area (Å²) in [5.74, 6) is 0.278. The molecule has 1 saturated carbocycles. The first kappa shape index (κ1) is 13.5. The molecule has 2 aliphatic rings. The number of rotatable bonds is 3. The van der Waals surface area contributed by atoms with Crippen molar-refractivity contribution in [2.45, 2.75) is 44.1 Å². The first-order chi connectivity index (χ1) is 9.76. The van der Waals surface area contributed by atoms with Crippen LogP contribution in [0, 0.1) is 0 Å². The van der Waals surface area contributed by atoms with Gasteiger partial charge in [0, 0.05) is 18.9 Å². The minimum absolute atomic E-state index is 0.0958. The van der Waals surface area contributed by atoms with Crippen LogP contribution in [0.25, 0.3) is 0 Å². The van der Waals surface area contributed by atoms with Crippen LogP contribution in [0.3, 0.4) is 0 Å². The van der Waals surface area contributed by atoms with Gasteiger partial charge in [0.15, 0.2) is 5.79 Å². The molecular formula is C14H20N2O4. The molecule has 1 aliphatic carbocycles. The Kier molecular flexibility index (Phi) is 3.93. The molecule has 6 heteroatoms. The van der Waals surface area contributed by atoms with Gasteiger partial charge in [-0.1, -0.05) is 0 Å². The standard InChI is InChI=1S/C14H20N2O4/c17-13(15-10-12-4-2-6-18-12)16-11-3-1-5-14(9-11)19-7-8-20-14/h2,4,6,11H,1,3,5,7-10H2,(H2,15,16,17)/t11-/m0/s1. The van der Waals surface area contributed by atoms with Gasteiger partial charge in [-0.25, -0.2) is 4.79 Å². The third-order valence-electron chi connectivity index (χ3n) is 3.82. The van der Waals surface area contributed by atoms with Gasteiger partial charge in [0.25, 0.3) is 0 Å². The van der Waals surface area contributed by atoms with Crippen molar-refractivity contribution in [1.82, 2.24) is 10.6 Å². The van der Waals surface area contributed by atoms with Crippen LogP contribution in [0.1, 0.15) is 31.4 Å². The molecule has 20 heavy (non-hydrogen) atoms.